The number of hydrogen-bond acceptors (Lipinski definition) is 1. The van der Waals surface area contributed by atoms with Gasteiger partial charge in [0.15, 0.2) is 0 Å². The van der Waals surface area contributed by atoms with Crippen LogP contribution in [-0.2, 0) is 0 Å². The third-order valence-electron chi connectivity index (χ3n) is 12.1. The largest absolute Gasteiger partial charge is 0.309 e. The maximum atomic E-state index is 4.92. The molecule has 11 aromatic rings. The van der Waals surface area contributed by atoms with Crippen LogP contribution in [0.25, 0.3) is 88.5 Å². The van der Waals surface area contributed by atoms with Crippen molar-refractivity contribution in [2.45, 2.75) is 5.92 Å². The van der Waals surface area contributed by atoms with Crippen LogP contribution in [-0.4, -0.2) is 14.1 Å². The molecule has 1 aliphatic carbocycles. The van der Waals surface area contributed by atoms with Gasteiger partial charge in [-0.2, -0.15) is 0 Å². The molecule has 1 aliphatic rings. The van der Waals surface area contributed by atoms with E-state index in [4.69, 9.17) is 4.98 Å². The molecule has 3 aromatic heterocycles. The predicted octanol–water partition coefficient (Wildman–Crippen LogP) is 13.8. The van der Waals surface area contributed by atoms with Gasteiger partial charge >= 0.3 is 0 Å². The molecule has 3 heterocycles. The van der Waals surface area contributed by atoms with E-state index in [1.807, 2.05) is 12.3 Å². The van der Waals surface area contributed by atoms with Gasteiger partial charge in [0.1, 0.15) is 5.65 Å². The maximum Gasteiger partial charge on any atom is 0.145 e. The number of pyridine rings is 1. The Morgan fingerprint density at radius 2 is 0.947 bits per heavy atom. The molecule has 0 atom stereocenters. The van der Waals surface area contributed by atoms with Gasteiger partial charge in [-0.25, -0.2) is 4.98 Å². The first-order valence-corrected chi connectivity index (χ1v) is 19.7. The van der Waals surface area contributed by atoms with Crippen molar-refractivity contribution in [3.05, 3.63) is 223 Å². The highest BCUT2D eigenvalue weighted by atomic mass is 15.0. The Labute approximate surface area is 330 Å². The van der Waals surface area contributed by atoms with Gasteiger partial charge in [0, 0.05) is 44.9 Å². The Morgan fingerprint density at radius 3 is 1.75 bits per heavy atom. The van der Waals surface area contributed by atoms with Crippen LogP contribution in [0.5, 0.6) is 0 Å². The number of nitrogens with zero attached hydrogens (tertiary/aromatic N) is 3. The number of benzene rings is 8. The number of para-hydroxylation sites is 2. The smallest absolute Gasteiger partial charge is 0.145 e. The summed E-state index contributed by atoms with van der Waals surface area (Å²) in [6.07, 6.45) is 1.89. The molecule has 0 fully saturated rings. The summed E-state index contributed by atoms with van der Waals surface area (Å²) in [6, 6.07) is 73.1. The molecular weight excluding hydrogens is 691 g/mol. The molecule has 0 radical (unpaired) electrons. The maximum absolute atomic E-state index is 4.92. The van der Waals surface area contributed by atoms with E-state index in [9.17, 15) is 0 Å². The fourth-order valence-electron chi connectivity index (χ4n) is 9.57. The number of hydrogen-bond donors (Lipinski definition) is 0. The van der Waals surface area contributed by atoms with Crippen molar-refractivity contribution >= 4 is 43.7 Å². The fourth-order valence-corrected chi connectivity index (χ4v) is 9.57. The van der Waals surface area contributed by atoms with Crippen molar-refractivity contribution in [1.82, 2.24) is 14.1 Å². The molecule has 0 bridgehead atoms. The molecule has 57 heavy (non-hydrogen) atoms. The molecule has 3 heteroatoms. The van der Waals surface area contributed by atoms with Crippen LogP contribution in [0.1, 0.15) is 22.6 Å². The molecule has 0 N–H and O–H groups in total. The SMILES string of the molecule is c1ccc(-c2ccc(-n3c4ccc(-c5ccccc5-n5c6ccccc6c6cc(C7c8ccccc8-c8ccccc87)ccc65)cc4c4cccnc43)cc2)cc1. The average Bonchev–Trinajstić information content (AvgIpc) is 3.92. The number of aromatic nitrogens is 3. The summed E-state index contributed by atoms with van der Waals surface area (Å²) < 4.78 is 4.75. The van der Waals surface area contributed by atoms with Gasteiger partial charge in [-0.3, -0.25) is 4.57 Å². The molecular formula is C54H35N3. The molecule has 0 saturated heterocycles. The number of rotatable bonds is 5. The standard InChI is InChI=1S/C54H35N3/c1-2-13-35(14-3-1)36-24-28-39(29-25-36)56-51-30-26-37(33-48(51)46-21-12-32-55-54(46)56)40-15-8-10-22-49(40)57-50-23-11-9-18-43(50)47-34-38(27-31-52(47)57)53-44-19-6-4-16-41(44)42-17-5-7-20-45(42)53/h1-34,53H. The van der Waals surface area contributed by atoms with Crippen LogP contribution < -0.4 is 0 Å². The summed E-state index contributed by atoms with van der Waals surface area (Å²) in [7, 11) is 0. The van der Waals surface area contributed by atoms with Gasteiger partial charge in [-0.05, 0) is 105 Å². The van der Waals surface area contributed by atoms with Gasteiger partial charge in [0.05, 0.1) is 22.2 Å². The minimum absolute atomic E-state index is 0.196. The first-order chi connectivity index (χ1) is 28.3. The molecule has 0 spiro atoms. The van der Waals surface area contributed by atoms with Crippen molar-refractivity contribution < 1.29 is 0 Å². The van der Waals surface area contributed by atoms with Crippen LogP contribution in [0.4, 0.5) is 0 Å². The summed E-state index contributed by atoms with van der Waals surface area (Å²) in [5, 5.41) is 4.84. The van der Waals surface area contributed by atoms with E-state index < -0.39 is 0 Å². The first kappa shape index (κ1) is 31.8. The molecule has 0 unspecified atom stereocenters. The molecule has 266 valence electrons. The molecule has 0 amide bonds. The second-order valence-corrected chi connectivity index (χ2v) is 15.1. The van der Waals surface area contributed by atoms with Gasteiger partial charge in [0.25, 0.3) is 0 Å². The van der Waals surface area contributed by atoms with Crippen molar-refractivity contribution in [3.63, 3.8) is 0 Å². The van der Waals surface area contributed by atoms with Gasteiger partial charge < -0.3 is 4.57 Å². The van der Waals surface area contributed by atoms with E-state index >= 15 is 0 Å². The molecule has 0 aliphatic heterocycles. The van der Waals surface area contributed by atoms with Gasteiger partial charge in [-0.1, -0.05) is 140 Å². The molecule has 3 nitrogen and oxygen atoms in total. The Balaban J connectivity index is 1.01. The highest BCUT2D eigenvalue weighted by Crippen LogP contribution is 2.49. The minimum atomic E-state index is 0.196. The lowest BCUT2D eigenvalue weighted by Crippen LogP contribution is -2.00. The van der Waals surface area contributed by atoms with Crippen molar-refractivity contribution in [1.29, 1.82) is 0 Å². The topological polar surface area (TPSA) is 22.8 Å². The monoisotopic (exact) mass is 725 g/mol. The number of fused-ring (bicyclic) bond motifs is 9. The summed E-state index contributed by atoms with van der Waals surface area (Å²) >= 11 is 0. The second-order valence-electron chi connectivity index (χ2n) is 15.1. The minimum Gasteiger partial charge on any atom is -0.309 e. The quantitative estimate of drug-likeness (QED) is 0.173. The van der Waals surface area contributed by atoms with Crippen LogP contribution in [0, 0.1) is 0 Å². The van der Waals surface area contributed by atoms with Crippen LogP contribution in [0.15, 0.2) is 206 Å². The van der Waals surface area contributed by atoms with E-state index in [0.717, 1.165) is 27.9 Å². The van der Waals surface area contributed by atoms with Gasteiger partial charge in [-0.15, -0.1) is 0 Å². The van der Waals surface area contributed by atoms with E-state index in [-0.39, 0.29) is 5.92 Å². The van der Waals surface area contributed by atoms with E-state index in [0.29, 0.717) is 0 Å². The van der Waals surface area contributed by atoms with Crippen LogP contribution in [0.2, 0.25) is 0 Å². The van der Waals surface area contributed by atoms with Crippen molar-refractivity contribution in [2.24, 2.45) is 0 Å². The third-order valence-corrected chi connectivity index (χ3v) is 12.1. The van der Waals surface area contributed by atoms with Crippen molar-refractivity contribution in [3.8, 4) is 44.8 Å². The summed E-state index contributed by atoms with van der Waals surface area (Å²) in [6.45, 7) is 0. The van der Waals surface area contributed by atoms with E-state index in [2.05, 4.69) is 203 Å². The zero-order chi connectivity index (χ0) is 37.5. The lowest BCUT2D eigenvalue weighted by molar-refractivity contribution is 1.02. The normalized spacial score (nSPS) is 12.5. The van der Waals surface area contributed by atoms with E-state index in [1.54, 1.807) is 0 Å². The van der Waals surface area contributed by atoms with Crippen LogP contribution >= 0.6 is 0 Å². The zero-order valence-corrected chi connectivity index (χ0v) is 31.0. The van der Waals surface area contributed by atoms with Crippen molar-refractivity contribution in [2.75, 3.05) is 0 Å². The molecule has 0 saturated carbocycles. The predicted molar refractivity (Wildman–Crippen MR) is 237 cm³/mol. The highest BCUT2D eigenvalue weighted by Gasteiger charge is 2.30. The zero-order valence-electron chi connectivity index (χ0n) is 31.0. The Hall–Kier alpha value is -7.49. The third kappa shape index (κ3) is 4.82. The average molecular weight is 726 g/mol. The fraction of sp³-hybridized carbons (Fsp3) is 0.0185. The van der Waals surface area contributed by atoms with Gasteiger partial charge in [0.2, 0.25) is 0 Å². The summed E-state index contributed by atoms with van der Waals surface area (Å²) in [5.41, 5.74) is 18.3. The second kappa shape index (κ2) is 12.5. The van der Waals surface area contributed by atoms with E-state index in [1.165, 1.54) is 77.3 Å². The lowest BCUT2D eigenvalue weighted by Gasteiger charge is -2.16. The highest BCUT2D eigenvalue weighted by molar-refractivity contribution is 6.11. The Kier molecular flexibility index (Phi) is 6.99. The summed E-state index contributed by atoms with van der Waals surface area (Å²) in [5.74, 6) is 0.196. The first-order valence-electron chi connectivity index (χ1n) is 19.7. The van der Waals surface area contributed by atoms with Crippen LogP contribution in [0.3, 0.4) is 0 Å². The molecule has 12 rings (SSSR count). The lowest BCUT2D eigenvalue weighted by atomic mass is 9.88. The Bertz CT molecular complexity index is 3300. The molecule has 8 aromatic carbocycles. The Morgan fingerprint density at radius 1 is 0.368 bits per heavy atom. The summed E-state index contributed by atoms with van der Waals surface area (Å²) in [4.78, 5) is 4.92.